The van der Waals surface area contributed by atoms with Crippen molar-refractivity contribution in [3.05, 3.63) is 60.8 Å². The van der Waals surface area contributed by atoms with Crippen molar-refractivity contribution in [2.75, 3.05) is 0 Å². The van der Waals surface area contributed by atoms with E-state index in [0.29, 0.717) is 0 Å². The molecule has 0 atom stereocenters. The van der Waals surface area contributed by atoms with Crippen LogP contribution in [0.25, 0.3) is 31.4 Å². The molecule has 23 heavy (non-hydrogen) atoms. The Morgan fingerprint density at radius 2 is 1.61 bits per heavy atom. The number of nitrogens with zero attached hydrogens (tertiary/aromatic N) is 1. The molecule has 0 saturated heterocycles. The molecule has 2 heterocycles. The topological polar surface area (TPSA) is 12.9 Å². The van der Waals surface area contributed by atoms with E-state index in [4.69, 9.17) is 4.98 Å². The number of thiophene rings is 1. The van der Waals surface area contributed by atoms with Crippen LogP contribution in [0.3, 0.4) is 0 Å². The molecule has 0 bridgehead atoms. The van der Waals surface area contributed by atoms with E-state index in [1.807, 2.05) is 11.3 Å². The molecular weight excluding hydrogens is 314 g/mol. The van der Waals surface area contributed by atoms with Crippen LogP contribution in [0.4, 0.5) is 0 Å². The van der Waals surface area contributed by atoms with E-state index in [2.05, 4.69) is 80.4 Å². The highest BCUT2D eigenvalue weighted by molar-refractivity contribution is 7.25. The zero-order valence-electron chi connectivity index (χ0n) is 13.6. The van der Waals surface area contributed by atoms with Gasteiger partial charge >= 0.3 is 0 Å². The number of rotatable bonds is 2. The Labute approximate surface area is 141 Å². The molecule has 0 spiro atoms. The Hall–Kier alpha value is -1.97. The number of hydrogen-bond acceptors (Lipinski definition) is 2. The summed E-state index contributed by atoms with van der Waals surface area (Å²) in [4.78, 5) is 4.72. The number of fused-ring (bicyclic) bond motifs is 3. The molecule has 0 aliphatic heterocycles. The van der Waals surface area contributed by atoms with Crippen LogP contribution >= 0.6 is 11.3 Å². The largest absolute Gasteiger partial charge is 0.256 e. The smallest absolute Gasteiger partial charge is 0.0796 e. The van der Waals surface area contributed by atoms with Crippen molar-refractivity contribution >= 4 is 44.8 Å². The van der Waals surface area contributed by atoms with Gasteiger partial charge < -0.3 is 0 Å². The molecule has 0 saturated carbocycles. The van der Waals surface area contributed by atoms with Crippen LogP contribution in [-0.2, 0) is 0 Å². The van der Waals surface area contributed by atoms with Crippen LogP contribution in [0.1, 0.15) is 0 Å². The average molecular weight is 334 g/mol. The standard InChI is InChI=1S/C20H19NSSi/c1-23(2,3)15-9-11-18(21-13-15)14-8-10-17-16-6-4-5-7-19(16)22-20(17)12-14/h4-13H,1-3H3. The Kier molecular flexibility index (Phi) is 3.36. The summed E-state index contributed by atoms with van der Waals surface area (Å²) in [7, 11) is -1.28. The van der Waals surface area contributed by atoms with Crippen molar-refractivity contribution in [2.45, 2.75) is 19.6 Å². The summed E-state index contributed by atoms with van der Waals surface area (Å²) in [6.07, 6.45) is 2.07. The second kappa shape index (κ2) is 5.29. The summed E-state index contributed by atoms with van der Waals surface area (Å²) in [6, 6.07) is 19.7. The molecule has 1 nitrogen and oxygen atoms in total. The van der Waals surface area contributed by atoms with Gasteiger partial charge in [-0.2, -0.15) is 0 Å². The number of pyridine rings is 1. The predicted molar refractivity (Wildman–Crippen MR) is 106 cm³/mol. The highest BCUT2D eigenvalue weighted by Crippen LogP contribution is 2.35. The molecule has 0 radical (unpaired) electrons. The van der Waals surface area contributed by atoms with E-state index >= 15 is 0 Å². The molecule has 0 aliphatic carbocycles. The zero-order chi connectivity index (χ0) is 16.0. The van der Waals surface area contributed by atoms with Gasteiger partial charge in [-0.05, 0) is 23.4 Å². The lowest BCUT2D eigenvalue weighted by atomic mass is 10.1. The van der Waals surface area contributed by atoms with Crippen molar-refractivity contribution in [3.63, 3.8) is 0 Å². The Morgan fingerprint density at radius 1 is 0.826 bits per heavy atom. The van der Waals surface area contributed by atoms with Gasteiger partial charge in [0, 0.05) is 31.9 Å². The van der Waals surface area contributed by atoms with Gasteiger partial charge in [-0.1, -0.05) is 56.0 Å². The molecule has 4 rings (SSSR count). The molecule has 2 aromatic heterocycles. The highest BCUT2D eigenvalue weighted by Gasteiger charge is 2.16. The number of aromatic nitrogens is 1. The van der Waals surface area contributed by atoms with Crippen LogP contribution in [0, 0.1) is 0 Å². The van der Waals surface area contributed by atoms with Crippen molar-refractivity contribution < 1.29 is 0 Å². The van der Waals surface area contributed by atoms with E-state index in [1.165, 1.54) is 30.9 Å². The van der Waals surface area contributed by atoms with Gasteiger partial charge in [0.2, 0.25) is 0 Å². The summed E-state index contributed by atoms with van der Waals surface area (Å²) in [5.41, 5.74) is 2.26. The third-order valence-electron chi connectivity index (χ3n) is 4.30. The second-order valence-corrected chi connectivity index (χ2v) is 13.2. The average Bonchev–Trinajstić information content (AvgIpc) is 2.92. The molecule has 0 N–H and O–H groups in total. The predicted octanol–water partition coefficient (Wildman–Crippen LogP) is 5.66. The van der Waals surface area contributed by atoms with Gasteiger partial charge in [0.05, 0.1) is 13.8 Å². The monoisotopic (exact) mass is 333 g/mol. The van der Waals surface area contributed by atoms with Gasteiger partial charge in [-0.25, -0.2) is 0 Å². The van der Waals surface area contributed by atoms with Crippen molar-refractivity contribution in [3.8, 4) is 11.3 Å². The Morgan fingerprint density at radius 3 is 2.35 bits per heavy atom. The van der Waals surface area contributed by atoms with Crippen molar-refractivity contribution in [1.29, 1.82) is 0 Å². The maximum atomic E-state index is 4.72. The van der Waals surface area contributed by atoms with E-state index in [0.717, 1.165) is 5.69 Å². The van der Waals surface area contributed by atoms with Gasteiger partial charge in [0.15, 0.2) is 0 Å². The highest BCUT2D eigenvalue weighted by atomic mass is 32.1. The first-order valence-electron chi connectivity index (χ1n) is 7.90. The Bertz CT molecular complexity index is 994. The van der Waals surface area contributed by atoms with Crippen LogP contribution < -0.4 is 5.19 Å². The minimum absolute atomic E-state index is 1.06. The molecule has 3 heteroatoms. The second-order valence-electron chi connectivity index (χ2n) is 6.99. The zero-order valence-corrected chi connectivity index (χ0v) is 15.4. The summed E-state index contributed by atoms with van der Waals surface area (Å²) in [5, 5.41) is 4.10. The number of benzene rings is 2. The minimum Gasteiger partial charge on any atom is -0.256 e. The first-order chi connectivity index (χ1) is 11.0. The summed E-state index contributed by atoms with van der Waals surface area (Å²) < 4.78 is 2.68. The molecule has 0 fully saturated rings. The maximum absolute atomic E-state index is 4.72. The summed E-state index contributed by atoms with van der Waals surface area (Å²) in [5.74, 6) is 0. The lowest BCUT2D eigenvalue weighted by Gasteiger charge is -2.16. The molecule has 4 aromatic rings. The van der Waals surface area contributed by atoms with Gasteiger partial charge in [-0.3, -0.25) is 4.98 Å². The van der Waals surface area contributed by atoms with E-state index < -0.39 is 8.07 Å². The lowest BCUT2D eigenvalue weighted by Crippen LogP contribution is -2.37. The molecular formula is C20H19NSSi. The normalized spacial score (nSPS) is 12.1. The first kappa shape index (κ1) is 14.6. The van der Waals surface area contributed by atoms with Crippen LogP contribution in [0.2, 0.25) is 19.6 Å². The van der Waals surface area contributed by atoms with Crippen LogP contribution in [0.5, 0.6) is 0 Å². The third kappa shape index (κ3) is 2.60. The maximum Gasteiger partial charge on any atom is 0.0796 e. The Balaban J connectivity index is 1.81. The quantitative estimate of drug-likeness (QED) is 0.431. The third-order valence-corrected chi connectivity index (χ3v) is 7.47. The van der Waals surface area contributed by atoms with Crippen LogP contribution in [0.15, 0.2) is 60.8 Å². The lowest BCUT2D eigenvalue weighted by molar-refractivity contribution is 1.34. The van der Waals surface area contributed by atoms with E-state index in [-0.39, 0.29) is 0 Å². The SMILES string of the molecule is C[Si](C)(C)c1ccc(-c2ccc3c(c2)sc2ccccc23)nc1. The first-order valence-corrected chi connectivity index (χ1v) is 12.2. The molecule has 0 aliphatic rings. The van der Waals surface area contributed by atoms with E-state index in [9.17, 15) is 0 Å². The van der Waals surface area contributed by atoms with Gasteiger partial charge in [0.1, 0.15) is 0 Å². The van der Waals surface area contributed by atoms with Crippen LogP contribution in [-0.4, -0.2) is 13.1 Å². The fraction of sp³-hybridized carbons (Fsp3) is 0.150. The summed E-state index contributed by atoms with van der Waals surface area (Å²) >= 11 is 1.86. The van der Waals surface area contributed by atoms with Crippen molar-refractivity contribution in [2.24, 2.45) is 0 Å². The molecule has 114 valence electrons. The molecule has 0 amide bonds. The molecule has 0 unspecified atom stereocenters. The molecule has 2 aromatic carbocycles. The number of hydrogen-bond donors (Lipinski definition) is 0. The summed E-state index contributed by atoms with van der Waals surface area (Å²) in [6.45, 7) is 7.06. The van der Waals surface area contributed by atoms with E-state index in [1.54, 1.807) is 0 Å². The van der Waals surface area contributed by atoms with Gasteiger partial charge in [-0.15, -0.1) is 11.3 Å². The van der Waals surface area contributed by atoms with Gasteiger partial charge in [0.25, 0.3) is 0 Å². The fourth-order valence-electron chi connectivity index (χ4n) is 2.89. The minimum atomic E-state index is -1.28. The van der Waals surface area contributed by atoms with Crippen molar-refractivity contribution in [1.82, 2.24) is 4.98 Å². The fourth-order valence-corrected chi connectivity index (χ4v) is 5.07.